The second-order valence-corrected chi connectivity index (χ2v) is 6.49. The second kappa shape index (κ2) is 10.0. The molecule has 2 amide bonds. The first-order valence-corrected chi connectivity index (χ1v) is 9.01. The molecule has 0 spiro atoms. The third kappa shape index (κ3) is 5.13. The topological polar surface area (TPSA) is 98.9 Å². The Hall–Kier alpha value is -2.90. The summed E-state index contributed by atoms with van der Waals surface area (Å²) >= 11 is 0. The number of carbonyl (C=O) groups is 3. The minimum atomic E-state index is -0.698. The van der Waals surface area contributed by atoms with Crippen LogP contribution in [0, 0.1) is 0 Å². The van der Waals surface area contributed by atoms with Crippen molar-refractivity contribution in [2.45, 2.75) is 18.9 Å². The Morgan fingerprint density at radius 3 is 2.17 bits per heavy atom. The van der Waals surface area contributed by atoms with Crippen molar-refractivity contribution in [3.8, 4) is 5.75 Å². The van der Waals surface area contributed by atoms with Gasteiger partial charge in [-0.15, -0.1) is 12.4 Å². The maximum absolute atomic E-state index is 12.3. The van der Waals surface area contributed by atoms with Crippen LogP contribution in [0.5, 0.6) is 5.75 Å². The number of halogens is 1. The molecule has 29 heavy (non-hydrogen) atoms. The first kappa shape index (κ1) is 22.4. The van der Waals surface area contributed by atoms with E-state index in [4.69, 9.17) is 10.5 Å². The van der Waals surface area contributed by atoms with Gasteiger partial charge in [0.1, 0.15) is 11.8 Å². The zero-order valence-corrected chi connectivity index (χ0v) is 16.8. The molecule has 154 valence electrons. The number of rotatable bonds is 8. The number of ether oxygens (including phenoxy) is 2. The second-order valence-electron chi connectivity index (χ2n) is 6.49. The lowest BCUT2D eigenvalue weighted by Gasteiger charge is -2.14. The van der Waals surface area contributed by atoms with E-state index < -0.39 is 12.0 Å². The van der Waals surface area contributed by atoms with Gasteiger partial charge in [0.15, 0.2) is 0 Å². The highest BCUT2D eigenvalue weighted by molar-refractivity contribution is 6.21. The number of hydrogen-bond donors (Lipinski definition) is 1. The Morgan fingerprint density at radius 1 is 1.03 bits per heavy atom. The average Bonchev–Trinajstić information content (AvgIpc) is 2.96. The van der Waals surface area contributed by atoms with Crippen LogP contribution in [0.3, 0.4) is 0 Å². The monoisotopic (exact) mass is 418 g/mol. The van der Waals surface area contributed by atoms with Gasteiger partial charge in [0.2, 0.25) is 0 Å². The predicted octanol–water partition coefficient (Wildman–Crippen LogP) is 2.22. The average molecular weight is 419 g/mol. The van der Waals surface area contributed by atoms with E-state index in [9.17, 15) is 14.4 Å². The van der Waals surface area contributed by atoms with Gasteiger partial charge in [0.25, 0.3) is 11.8 Å². The van der Waals surface area contributed by atoms with E-state index in [2.05, 4.69) is 4.74 Å². The molecule has 3 rings (SSSR count). The highest BCUT2D eigenvalue weighted by Gasteiger charge is 2.34. The summed E-state index contributed by atoms with van der Waals surface area (Å²) in [5, 5.41) is 0. The lowest BCUT2D eigenvalue weighted by molar-refractivity contribution is -0.142. The van der Waals surface area contributed by atoms with Crippen LogP contribution in [0.2, 0.25) is 0 Å². The molecule has 1 heterocycles. The lowest BCUT2D eigenvalue weighted by atomic mass is 10.1. The predicted molar refractivity (Wildman–Crippen MR) is 109 cm³/mol. The molecule has 1 aliphatic rings. The Balaban J connectivity index is 0.00000300. The quantitative estimate of drug-likeness (QED) is 0.401. The summed E-state index contributed by atoms with van der Waals surface area (Å²) in [6.45, 7) is 0.673. The molecule has 0 saturated carbocycles. The van der Waals surface area contributed by atoms with Gasteiger partial charge >= 0.3 is 5.97 Å². The van der Waals surface area contributed by atoms with Gasteiger partial charge in [-0.25, -0.2) is 0 Å². The maximum atomic E-state index is 12.3. The van der Waals surface area contributed by atoms with Gasteiger partial charge < -0.3 is 15.2 Å². The van der Waals surface area contributed by atoms with Crippen molar-refractivity contribution in [2.75, 3.05) is 20.3 Å². The molecular formula is C21H23ClN2O5. The van der Waals surface area contributed by atoms with Crippen LogP contribution in [-0.2, 0) is 16.0 Å². The molecule has 0 aromatic heterocycles. The highest BCUT2D eigenvalue weighted by atomic mass is 35.5. The zero-order chi connectivity index (χ0) is 20.1. The number of esters is 1. The van der Waals surface area contributed by atoms with E-state index in [1.807, 2.05) is 12.1 Å². The smallest absolute Gasteiger partial charge is 0.322 e. The minimum absolute atomic E-state index is 0. The van der Waals surface area contributed by atoms with Crippen molar-refractivity contribution in [3.63, 3.8) is 0 Å². The van der Waals surface area contributed by atoms with E-state index in [1.54, 1.807) is 36.4 Å². The largest absolute Gasteiger partial charge is 0.494 e. The Morgan fingerprint density at radius 2 is 1.62 bits per heavy atom. The summed E-state index contributed by atoms with van der Waals surface area (Å²) in [4.78, 5) is 37.2. The molecule has 0 bridgehead atoms. The first-order chi connectivity index (χ1) is 13.5. The van der Waals surface area contributed by atoms with E-state index in [1.165, 1.54) is 12.0 Å². The molecule has 2 aromatic rings. The lowest BCUT2D eigenvalue weighted by Crippen LogP contribution is -2.33. The number of benzene rings is 2. The molecule has 2 N–H and O–H groups in total. The molecule has 1 unspecified atom stereocenters. The third-order valence-corrected chi connectivity index (χ3v) is 4.56. The van der Waals surface area contributed by atoms with Gasteiger partial charge in [-0.3, -0.25) is 19.3 Å². The molecular weight excluding hydrogens is 396 g/mol. The number of hydrogen-bond acceptors (Lipinski definition) is 6. The van der Waals surface area contributed by atoms with Gasteiger partial charge in [-0.05, 0) is 42.7 Å². The summed E-state index contributed by atoms with van der Waals surface area (Å²) in [7, 11) is 1.31. The van der Waals surface area contributed by atoms with Crippen LogP contribution in [0.4, 0.5) is 0 Å². The summed E-state index contributed by atoms with van der Waals surface area (Å²) in [6, 6.07) is 13.4. The van der Waals surface area contributed by atoms with Crippen molar-refractivity contribution in [1.82, 2.24) is 4.90 Å². The molecule has 2 aromatic carbocycles. The van der Waals surface area contributed by atoms with E-state index in [0.717, 1.165) is 5.56 Å². The normalized spacial score (nSPS) is 13.5. The van der Waals surface area contributed by atoms with Gasteiger partial charge in [0, 0.05) is 6.54 Å². The maximum Gasteiger partial charge on any atom is 0.322 e. The van der Waals surface area contributed by atoms with Crippen LogP contribution >= 0.6 is 12.4 Å². The van der Waals surface area contributed by atoms with Gasteiger partial charge in [0.05, 0.1) is 24.8 Å². The van der Waals surface area contributed by atoms with E-state index in [-0.39, 0.29) is 24.2 Å². The van der Waals surface area contributed by atoms with Crippen LogP contribution in [0.25, 0.3) is 0 Å². The van der Waals surface area contributed by atoms with Gasteiger partial charge in [-0.1, -0.05) is 24.3 Å². The molecule has 0 aliphatic carbocycles. The molecule has 0 fully saturated rings. The number of nitrogens with zero attached hydrogens (tertiary/aromatic N) is 1. The van der Waals surface area contributed by atoms with Crippen molar-refractivity contribution >= 4 is 30.2 Å². The van der Waals surface area contributed by atoms with Crippen LogP contribution in [0.1, 0.15) is 32.7 Å². The van der Waals surface area contributed by atoms with Crippen molar-refractivity contribution < 1.29 is 23.9 Å². The third-order valence-electron chi connectivity index (χ3n) is 4.56. The Bertz CT molecular complexity index is 850. The number of amides is 2. The zero-order valence-electron chi connectivity index (χ0n) is 16.0. The fourth-order valence-electron chi connectivity index (χ4n) is 3.07. The van der Waals surface area contributed by atoms with Crippen LogP contribution in [0.15, 0.2) is 48.5 Å². The van der Waals surface area contributed by atoms with Crippen molar-refractivity contribution in [3.05, 3.63) is 65.2 Å². The molecule has 0 saturated heterocycles. The fourth-order valence-corrected chi connectivity index (χ4v) is 3.07. The fraction of sp³-hybridized carbons (Fsp3) is 0.286. The molecule has 7 nitrogen and oxygen atoms in total. The van der Waals surface area contributed by atoms with Crippen LogP contribution in [-0.4, -0.2) is 49.0 Å². The molecule has 1 aliphatic heterocycles. The first-order valence-electron chi connectivity index (χ1n) is 9.01. The molecule has 1 atom stereocenters. The molecule has 0 radical (unpaired) electrons. The highest BCUT2D eigenvalue weighted by Crippen LogP contribution is 2.22. The number of carbonyl (C=O) groups excluding carboxylic acids is 3. The summed E-state index contributed by atoms with van der Waals surface area (Å²) in [6.07, 6.45) is 0.910. The number of nitrogens with two attached hydrogens (primary N) is 1. The van der Waals surface area contributed by atoms with Gasteiger partial charge in [-0.2, -0.15) is 0 Å². The van der Waals surface area contributed by atoms with E-state index >= 15 is 0 Å². The Labute approximate surface area is 175 Å². The SMILES string of the molecule is COC(=O)C(N)Cc1ccc(OCCCN2C(=O)c3ccccc3C2=O)cc1.Cl. The van der Waals surface area contributed by atoms with E-state index in [0.29, 0.717) is 42.9 Å². The van der Waals surface area contributed by atoms with Crippen LogP contribution < -0.4 is 10.5 Å². The summed E-state index contributed by atoms with van der Waals surface area (Å²) in [5.41, 5.74) is 7.55. The number of imide groups is 1. The number of methoxy groups -OCH3 is 1. The minimum Gasteiger partial charge on any atom is -0.494 e. The standard InChI is InChI=1S/C21H22N2O5.ClH/c1-27-21(26)18(22)13-14-7-9-15(10-8-14)28-12-4-11-23-19(24)16-5-2-3-6-17(16)20(23)25;/h2-3,5-10,18H,4,11-13,22H2,1H3;1H. The summed E-state index contributed by atoms with van der Waals surface area (Å²) < 4.78 is 10.3. The summed E-state index contributed by atoms with van der Waals surface area (Å²) in [5.74, 6) is -0.301. The molecule has 8 heteroatoms. The Kier molecular flexibility index (Phi) is 7.75. The number of fused-ring (bicyclic) bond motifs is 1. The van der Waals surface area contributed by atoms with Crippen molar-refractivity contribution in [2.24, 2.45) is 5.73 Å². The van der Waals surface area contributed by atoms with Crippen molar-refractivity contribution in [1.29, 1.82) is 0 Å².